The van der Waals surface area contributed by atoms with Crippen molar-refractivity contribution in [3.8, 4) is 0 Å². The summed E-state index contributed by atoms with van der Waals surface area (Å²) in [5, 5.41) is 3.17. The Bertz CT molecular complexity index is 143. The number of nitrogens with two attached hydrogens (primary N) is 1. The van der Waals surface area contributed by atoms with Crippen LogP contribution < -0.4 is 5.73 Å². The van der Waals surface area contributed by atoms with Crippen molar-refractivity contribution in [3.63, 3.8) is 0 Å². The van der Waals surface area contributed by atoms with Gasteiger partial charge in [0.2, 0.25) is 0 Å². The van der Waals surface area contributed by atoms with Crippen LogP contribution in [0, 0.1) is 0 Å². The Balaban J connectivity index is 0. The molecule has 2 N–H and O–H groups in total. The number of hydrogen-bond acceptors (Lipinski definition) is 3. The Kier molecular flexibility index (Phi) is 12.0. The highest BCUT2D eigenvalue weighted by molar-refractivity contribution is 6.07. The van der Waals surface area contributed by atoms with Crippen molar-refractivity contribution < 1.29 is 9.08 Å². The van der Waals surface area contributed by atoms with Gasteiger partial charge in [0, 0.05) is 20.6 Å². The Hall–Kier alpha value is -0.520. The maximum Gasteiger partial charge on any atom is 0.329 e. The van der Waals surface area contributed by atoms with Gasteiger partial charge in [-0.2, -0.15) is 0 Å². The monoisotopic (exact) mass is 225 g/mol. The second kappa shape index (κ2) is 10.6. The number of carbonyl (C=O) groups excluding carboxylic acids is 1. The summed E-state index contributed by atoms with van der Waals surface area (Å²) in [5.41, 5.74) is 5.07. The first-order valence-corrected chi connectivity index (χ1v) is 4.79. The van der Waals surface area contributed by atoms with Crippen LogP contribution in [0.1, 0.15) is 20.3 Å². The molecule has 86 valence electrons. The molecule has 0 fully saturated rings. The summed E-state index contributed by atoms with van der Waals surface area (Å²) in [5.74, 6) is 0. The largest absolute Gasteiger partial charge is 0.350 e. The molecule has 0 aromatic carbocycles. The van der Waals surface area contributed by atoms with Gasteiger partial charge in [-0.1, -0.05) is 6.92 Å². The summed E-state index contributed by atoms with van der Waals surface area (Å²) >= 11 is 4.69. The molecule has 0 aromatic heterocycles. The standard InChI is InChI=1S/C6H15N3O.C2H5ClO/c1-4-5-9(6(7)10)8(2)3;1-2-4-3/h4-5H2,1-3H3,(H2,7,10);2H2,1H3. The predicted molar refractivity (Wildman–Crippen MR) is 57.7 cm³/mol. The number of primary amides is 1. The first-order valence-electron chi connectivity index (χ1n) is 4.48. The zero-order valence-electron chi connectivity index (χ0n) is 9.29. The minimum Gasteiger partial charge on any atom is -0.350 e. The van der Waals surface area contributed by atoms with E-state index in [1.165, 1.54) is 5.01 Å². The van der Waals surface area contributed by atoms with E-state index in [-0.39, 0.29) is 0 Å². The lowest BCUT2D eigenvalue weighted by atomic mass is 10.5. The van der Waals surface area contributed by atoms with Gasteiger partial charge in [-0.15, -0.1) is 0 Å². The van der Waals surface area contributed by atoms with E-state index >= 15 is 0 Å². The summed E-state index contributed by atoms with van der Waals surface area (Å²) in [4.78, 5) is 10.6. The highest BCUT2D eigenvalue weighted by Gasteiger charge is 2.08. The fraction of sp³-hybridized carbons (Fsp3) is 0.875. The van der Waals surface area contributed by atoms with Gasteiger partial charge in [-0.25, -0.2) is 9.80 Å². The third-order valence-corrected chi connectivity index (χ3v) is 1.50. The van der Waals surface area contributed by atoms with Crippen molar-refractivity contribution in [3.05, 3.63) is 0 Å². The molecular weight excluding hydrogens is 206 g/mol. The van der Waals surface area contributed by atoms with Crippen molar-refractivity contribution in [2.24, 2.45) is 5.73 Å². The third kappa shape index (κ3) is 9.57. The normalized spacial score (nSPS) is 9.29. The van der Waals surface area contributed by atoms with Crippen molar-refractivity contribution in [2.75, 3.05) is 27.2 Å². The lowest BCUT2D eigenvalue weighted by Crippen LogP contribution is -2.45. The summed E-state index contributed by atoms with van der Waals surface area (Å²) in [6, 6.07) is -0.396. The van der Waals surface area contributed by atoms with Gasteiger partial charge in [0.25, 0.3) is 0 Å². The molecule has 6 heteroatoms. The molecule has 0 saturated heterocycles. The van der Waals surface area contributed by atoms with Gasteiger partial charge in [0.1, 0.15) is 0 Å². The molecule has 0 spiro atoms. The summed E-state index contributed by atoms with van der Waals surface area (Å²) in [6.45, 7) is 5.09. The fourth-order valence-electron chi connectivity index (χ4n) is 0.719. The fourth-order valence-corrected chi connectivity index (χ4v) is 0.719. The third-order valence-electron chi connectivity index (χ3n) is 1.28. The van der Waals surface area contributed by atoms with E-state index in [1.54, 1.807) is 19.1 Å². The molecule has 14 heavy (non-hydrogen) atoms. The SMILES string of the molecule is CCCN(C(N)=O)N(C)C.CCOCl. The molecule has 0 saturated carbocycles. The second-order valence-corrected chi connectivity index (χ2v) is 2.92. The van der Waals surface area contributed by atoms with Crippen molar-refractivity contribution >= 4 is 17.9 Å². The van der Waals surface area contributed by atoms with Crippen molar-refractivity contribution in [1.29, 1.82) is 0 Å². The molecule has 0 rings (SSSR count). The number of urea groups is 1. The smallest absolute Gasteiger partial charge is 0.329 e. The van der Waals surface area contributed by atoms with Crippen LogP contribution in [0.3, 0.4) is 0 Å². The maximum absolute atomic E-state index is 10.6. The number of hydrogen-bond donors (Lipinski definition) is 1. The van der Waals surface area contributed by atoms with Crippen LogP contribution in [0.4, 0.5) is 4.79 Å². The van der Waals surface area contributed by atoms with E-state index in [2.05, 4.69) is 16.2 Å². The number of carbonyl (C=O) groups is 1. The molecule has 0 bridgehead atoms. The minimum absolute atomic E-state index is 0.396. The molecule has 0 aromatic rings. The molecule has 0 unspecified atom stereocenters. The van der Waals surface area contributed by atoms with Crippen LogP contribution in [0.25, 0.3) is 0 Å². The molecule has 0 aliphatic carbocycles. The van der Waals surface area contributed by atoms with E-state index in [9.17, 15) is 4.79 Å². The van der Waals surface area contributed by atoms with E-state index in [1.807, 2.05) is 13.8 Å². The Morgan fingerprint density at radius 1 is 1.43 bits per heavy atom. The minimum atomic E-state index is -0.396. The van der Waals surface area contributed by atoms with Crippen LogP contribution >= 0.6 is 11.9 Å². The summed E-state index contributed by atoms with van der Waals surface area (Å²) in [6.07, 6.45) is 0.918. The van der Waals surface area contributed by atoms with E-state index < -0.39 is 6.03 Å². The Labute approximate surface area is 90.9 Å². The Morgan fingerprint density at radius 2 is 1.86 bits per heavy atom. The molecule has 0 aliphatic heterocycles. The molecule has 0 atom stereocenters. The van der Waals surface area contributed by atoms with Crippen LogP contribution in [-0.4, -0.2) is 43.3 Å². The average molecular weight is 226 g/mol. The number of hydrazine groups is 1. The lowest BCUT2D eigenvalue weighted by molar-refractivity contribution is 0.0686. The van der Waals surface area contributed by atoms with E-state index in [4.69, 9.17) is 5.73 Å². The molecule has 0 radical (unpaired) electrons. The highest BCUT2D eigenvalue weighted by Crippen LogP contribution is 1.92. The van der Waals surface area contributed by atoms with Gasteiger partial charge in [-0.3, -0.25) is 9.30 Å². The molecule has 2 amide bonds. The van der Waals surface area contributed by atoms with Crippen LogP contribution in [0.5, 0.6) is 0 Å². The molecule has 0 heterocycles. The van der Waals surface area contributed by atoms with Gasteiger partial charge < -0.3 is 5.73 Å². The van der Waals surface area contributed by atoms with Gasteiger partial charge in [0.05, 0.1) is 18.5 Å². The predicted octanol–water partition coefficient (Wildman–Crippen LogP) is 1.43. The van der Waals surface area contributed by atoms with Crippen molar-refractivity contribution in [1.82, 2.24) is 10.0 Å². The van der Waals surface area contributed by atoms with Gasteiger partial charge in [-0.05, 0) is 13.3 Å². The molecule has 5 nitrogen and oxygen atoms in total. The first kappa shape index (κ1) is 15.9. The van der Waals surface area contributed by atoms with Crippen molar-refractivity contribution in [2.45, 2.75) is 20.3 Å². The number of amides is 2. The van der Waals surface area contributed by atoms with E-state index in [0.29, 0.717) is 13.2 Å². The number of nitrogens with zero attached hydrogens (tertiary/aromatic N) is 2. The quantitative estimate of drug-likeness (QED) is 0.737. The topological polar surface area (TPSA) is 58.8 Å². The number of rotatable bonds is 4. The summed E-state index contributed by atoms with van der Waals surface area (Å²) in [7, 11) is 3.58. The van der Waals surface area contributed by atoms with Crippen LogP contribution in [0.15, 0.2) is 0 Å². The first-order chi connectivity index (χ1) is 6.51. The second-order valence-electron chi connectivity index (χ2n) is 2.71. The number of halogens is 1. The average Bonchev–Trinajstić information content (AvgIpc) is 2.13. The zero-order valence-corrected chi connectivity index (χ0v) is 10.0. The Morgan fingerprint density at radius 3 is 1.93 bits per heavy atom. The van der Waals surface area contributed by atoms with Crippen LogP contribution in [0.2, 0.25) is 0 Å². The van der Waals surface area contributed by atoms with Gasteiger partial charge >= 0.3 is 6.03 Å². The highest BCUT2D eigenvalue weighted by atomic mass is 35.5. The maximum atomic E-state index is 10.6. The van der Waals surface area contributed by atoms with E-state index in [0.717, 1.165) is 6.42 Å². The van der Waals surface area contributed by atoms with Crippen LogP contribution in [-0.2, 0) is 4.29 Å². The molecule has 0 aliphatic rings. The molecular formula is C8H20ClN3O2. The zero-order chi connectivity index (χ0) is 11.6. The summed E-state index contributed by atoms with van der Waals surface area (Å²) < 4.78 is 4.01. The lowest BCUT2D eigenvalue weighted by Gasteiger charge is -2.26. The van der Waals surface area contributed by atoms with Gasteiger partial charge in [0.15, 0.2) is 0 Å².